The number of hydrogen-bond acceptors (Lipinski definition) is 9. The first kappa shape index (κ1) is 26.8. The fraction of sp³-hybridized carbons (Fsp3) is 0.148. The third kappa shape index (κ3) is 5.51. The molecule has 0 aliphatic rings. The number of rotatable bonds is 9. The summed E-state index contributed by atoms with van der Waals surface area (Å²) in [5, 5.41) is 5.14. The molecule has 0 saturated heterocycles. The van der Waals surface area contributed by atoms with Crippen LogP contribution in [0.4, 0.5) is 0 Å². The van der Waals surface area contributed by atoms with E-state index in [-0.39, 0.29) is 11.3 Å². The largest absolute Gasteiger partial charge is 0.493 e. The Morgan fingerprint density at radius 1 is 0.868 bits per heavy atom. The van der Waals surface area contributed by atoms with E-state index in [1.165, 1.54) is 58.1 Å². The molecule has 0 radical (unpaired) electrons. The molecule has 1 aromatic heterocycles. The third-order valence-corrected chi connectivity index (χ3v) is 7.07. The van der Waals surface area contributed by atoms with Crippen molar-refractivity contribution in [1.29, 1.82) is 0 Å². The number of thiophene rings is 1. The minimum absolute atomic E-state index is 0.213. The molecule has 0 spiro atoms. The van der Waals surface area contributed by atoms with E-state index < -0.39 is 11.9 Å². The van der Waals surface area contributed by atoms with Gasteiger partial charge in [-0.3, -0.25) is 4.79 Å². The van der Waals surface area contributed by atoms with Crippen molar-refractivity contribution in [3.63, 3.8) is 0 Å². The SMILES string of the molecule is COc1cc(C=NNC(=O)c2cc(OC)c(OC)c(OC)c2)ccc1OC(=O)c1sc2ccccc2c1Cl. The van der Waals surface area contributed by atoms with Gasteiger partial charge in [0, 0.05) is 15.6 Å². The van der Waals surface area contributed by atoms with E-state index in [2.05, 4.69) is 10.5 Å². The van der Waals surface area contributed by atoms with Crippen LogP contribution >= 0.6 is 22.9 Å². The number of carbonyl (C=O) groups excluding carboxylic acids is 2. The maximum atomic E-state index is 12.8. The zero-order chi connectivity index (χ0) is 27.2. The number of halogens is 1. The van der Waals surface area contributed by atoms with E-state index in [1.54, 1.807) is 18.2 Å². The Labute approximate surface area is 227 Å². The monoisotopic (exact) mass is 554 g/mol. The van der Waals surface area contributed by atoms with Gasteiger partial charge in [-0.1, -0.05) is 29.8 Å². The van der Waals surface area contributed by atoms with Crippen LogP contribution in [0.15, 0.2) is 59.7 Å². The summed E-state index contributed by atoms with van der Waals surface area (Å²) in [6.45, 7) is 0. The molecule has 1 amide bonds. The molecule has 4 rings (SSSR count). The molecule has 3 aromatic carbocycles. The highest BCUT2D eigenvalue weighted by molar-refractivity contribution is 7.21. The van der Waals surface area contributed by atoms with Crippen LogP contribution in [0.25, 0.3) is 10.1 Å². The molecule has 0 atom stereocenters. The van der Waals surface area contributed by atoms with E-state index in [9.17, 15) is 9.59 Å². The number of hydrazone groups is 1. The summed E-state index contributed by atoms with van der Waals surface area (Å²) in [6.07, 6.45) is 1.42. The van der Waals surface area contributed by atoms with Crippen molar-refractivity contribution in [3.8, 4) is 28.7 Å². The van der Waals surface area contributed by atoms with Crippen molar-refractivity contribution in [2.45, 2.75) is 0 Å². The Hall–Kier alpha value is -4.28. The number of nitrogens with one attached hydrogen (secondary N) is 1. The zero-order valence-electron chi connectivity index (χ0n) is 20.9. The Morgan fingerprint density at radius 2 is 1.55 bits per heavy atom. The van der Waals surface area contributed by atoms with Crippen molar-refractivity contribution in [3.05, 3.63) is 75.6 Å². The quantitative estimate of drug-likeness (QED) is 0.125. The third-order valence-electron chi connectivity index (χ3n) is 5.42. The molecule has 0 bridgehead atoms. The van der Waals surface area contributed by atoms with Crippen molar-refractivity contribution in [1.82, 2.24) is 5.43 Å². The lowest BCUT2D eigenvalue weighted by molar-refractivity contribution is 0.0734. The zero-order valence-corrected chi connectivity index (χ0v) is 22.4. The van der Waals surface area contributed by atoms with Crippen LogP contribution in [0.2, 0.25) is 5.02 Å². The predicted octanol–water partition coefficient (Wildman–Crippen LogP) is 5.57. The summed E-state index contributed by atoms with van der Waals surface area (Å²) in [7, 11) is 5.85. The average molecular weight is 555 g/mol. The lowest BCUT2D eigenvalue weighted by atomic mass is 10.1. The molecule has 11 heteroatoms. The van der Waals surface area contributed by atoms with Crippen LogP contribution in [0.1, 0.15) is 25.6 Å². The molecular weight excluding hydrogens is 532 g/mol. The second kappa shape index (κ2) is 11.8. The van der Waals surface area contributed by atoms with Gasteiger partial charge in [-0.25, -0.2) is 10.2 Å². The van der Waals surface area contributed by atoms with Gasteiger partial charge >= 0.3 is 5.97 Å². The highest BCUT2D eigenvalue weighted by Gasteiger charge is 2.21. The van der Waals surface area contributed by atoms with Crippen molar-refractivity contribution < 1.29 is 33.3 Å². The Bertz CT molecular complexity index is 1510. The smallest absolute Gasteiger partial charge is 0.355 e. The fourth-order valence-electron chi connectivity index (χ4n) is 3.58. The first-order valence-corrected chi connectivity index (χ1v) is 12.3. The Balaban J connectivity index is 1.47. The number of ether oxygens (including phenoxy) is 5. The number of benzene rings is 3. The van der Waals surface area contributed by atoms with Crippen LogP contribution in [-0.4, -0.2) is 46.5 Å². The molecular formula is C27H23ClN2O7S. The molecule has 9 nitrogen and oxygen atoms in total. The maximum absolute atomic E-state index is 12.8. The van der Waals surface area contributed by atoms with Gasteiger partial charge in [0.25, 0.3) is 5.91 Å². The number of fused-ring (bicyclic) bond motifs is 1. The summed E-state index contributed by atoms with van der Waals surface area (Å²) in [6, 6.07) is 15.3. The van der Waals surface area contributed by atoms with Crippen molar-refractivity contribution in [2.75, 3.05) is 28.4 Å². The highest BCUT2D eigenvalue weighted by atomic mass is 35.5. The molecule has 1 heterocycles. The predicted molar refractivity (Wildman–Crippen MR) is 146 cm³/mol. The second-order valence-electron chi connectivity index (χ2n) is 7.65. The lowest BCUT2D eigenvalue weighted by Gasteiger charge is -2.13. The number of carbonyl (C=O) groups is 2. The first-order chi connectivity index (χ1) is 18.4. The lowest BCUT2D eigenvalue weighted by Crippen LogP contribution is -2.18. The summed E-state index contributed by atoms with van der Waals surface area (Å²) >= 11 is 7.65. The second-order valence-corrected chi connectivity index (χ2v) is 9.08. The molecule has 4 aromatic rings. The van der Waals surface area contributed by atoms with Gasteiger partial charge in [0.15, 0.2) is 23.0 Å². The molecule has 0 fully saturated rings. The number of methoxy groups -OCH3 is 4. The minimum atomic E-state index is -0.589. The summed E-state index contributed by atoms with van der Waals surface area (Å²) in [4.78, 5) is 25.7. The van der Waals surface area contributed by atoms with Crippen LogP contribution < -0.4 is 29.1 Å². The molecule has 0 saturated carbocycles. The van der Waals surface area contributed by atoms with Gasteiger partial charge in [0.2, 0.25) is 5.75 Å². The van der Waals surface area contributed by atoms with Crippen LogP contribution in [0.3, 0.4) is 0 Å². The number of nitrogens with zero attached hydrogens (tertiary/aromatic N) is 1. The topological polar surface area (TPSA) is 105 Å². The maximum Gasteiger partial charge on any atom is 0.355 e. The highest BCUT2D eigenvalue weighted by Crippen LogP contribution is 2.38. The molecule has 1 N–H and O–H groups in total. The molecule has 0 aliphatic heterocycles. The summed E-state index contributed by atoms with van der Waals surface area (Å²) in [5.74, 6) is 0.491. The standard InChI is InChI=1S/C27H23ClN2O7S/c1-33-19-11-15(14-29-30-26(31)16-12-20(34-2)24(36-4)21(13-16)35-3)9-10-18(19)37-27(32)25-23(28)17-7-5-6-8-22(17)38-25/h5-14H,1-4H3,(H,30,31). The van der Waals surface area contributed by atoms with Crippen LogP contribution in [0.5, 0.6) is 28.7 Å². The van der Waals surface area contributed by atoms with Gasteiger partial charge < -0.3 is 23.7 Å². The van der Waals surface area contributed by atoms with E-state index >= 15 is 0 Å². The molecule has 196 valence electrons. The summed E-state index contributed by atoms with van der Waals surface area (Å²) < 4.78 is 27.7. The van der Waals surface area contributed by atoms with Gasteiger partial charge in [-0.05, 0) is 42.0 Å². The van der Waals surface area contributed by atoms with E-state index in [0.29, 0.717) is 38.5 Å². The van der Waals surface area contributed by atoms with E-state index in [1.807, 2.05) is 24.3 Å². The number of hydrogen-bond donors (Lipinski definition) is 1. The average Bonchev–Trinajstić information content (AvgIpc) is 3.29. The first-order valence-electron chi connectivity index (χ1n) is 11.1. The Morgan fingerprint density at radius 3 is 2.18 bits per heavy atom. The number of esters is 1. The molecule has 0 unspecified atom stereocenters. The normalized spacial score (nSPS) is 10.9. The van der Waals surface area contributed by atoms with Gasteiger partial charge in [-0.2, -0.15) is 5.10 Å². The van der Waals surface area contributed by atoms with Gasteiger partial charge in [-0.15, -0.1) is 11.3 Å². The fourth-order valence-corrected chi connectivity index (χ4v) is 4.97. The summed E-state index contributed by atoms with van der Waals surface area (Å²) in [5.41, 5.74) is 3.30. The van der Waals surface area contributed by atoms with E-state index in [4.69, 9.17) is 35.3 Å². The van der Waals surface area contributed by atoms with Crippen molar-refractivity contribution in [2.24, 2.45) is 5.10 Å². The van der Waals surface area contributed by atoms with Crippen molar-refractivity contribution >= 4 is 51.1 Å². The van der Waals surface area contributed by atoms with Crippen LogP contribution in [-0.2, 0) is 0 Å². The van der Waals surface area contributed by atoms with Crippen LogP contribution in [0, 0.1) is 0 Å². The Kier molecular flexibility index (Phi) is 8.35. The van der Waals surface area contributed by atoms with Gasteiger partial charge in [0.05, 0.1) is 39.7 Å². The molecule has 38 heavy (non-hydrogen) atoms. The van der Waals surface area contributed by atoms with E-state index in [0.717, 1.165) is 10.1 Å². The van der Waals surface area contributed by atoms with Gasteiger partial charge in [0.1, 0.15) is 4.88 Å². The minimum Gasteiger partial charge on any atom is -0.493 e. The molecule has 0 aliphatic carbocycles. The number of amides is 1.